The van der Waals surface area contributed by atoms with Gasteiger partial charge in [0.15, 0.2) is 9.92 Å². The second-order valence-corrected chi connectivity index (χ2v) is 4.74. The van der Waals surface area contributed by atoms with Crippen molar-refractivity contribution in [1.29, 1.82) is 4.78 Å². The van der Waals surface area contributed by atoms with Gasteiger partial charge in [-0.05, 0) is 24.6 Å². The first-order chi connectivity index (χ1) is 6.00. The molecule has 0 bridgehead atoms. The first kappa shape index (κ1) is 8.25. The summed E-state index contributed by atoms with van der Waals surface area (Å²) in [7, 11) is -3.08. The molecule has 1 aromatic carbocycles. The van der Waals surface area contributed by atoms with E-state index in [0.29, 0.717) is 10.5 Å². The minimum absolute atomic E-state index is 0.303. The Bertz CT molecular complexity index is 491. The van der Waals surface area contributed by atoms with E-state index in [2.05, 4.69) is 4.72 Å². The molecule has 1 aromatic rings. The van der Waals surface area contributed by atoms with Gasteiger partial charge in [0.25, 0.3) is 5.91 Å². The van der Waals surface area contributed by atoms with Crippen LogP contribution in [0.2, 0.25) is 0 Å². The molecule has 0 spiro atoms. The summed E-state index contributed by atoms with van der Waals surface area (Å²) in [5.41, 5.74) is 1.25. The van der Waals surface area contributed by atoms with Crippen LogP contribution in [0.25, 0.3) is 0 Å². The van der Waals surface area contributed by atoms with Crippen LogP contribution in [-0.4, -0.2) is 10.1 Å². The lowest BCUT2D eigenvalue weighted by molar-refractivity contribution is 0.0985. The van der Waals surface area contributed by atoms with E-state index < -0.39 is 15.8 Å². The summed E-state index contributed by atoms with van der Waals surface area (Å²) in [6.45, 7) is 1.83. The molecule has 1 unspecified atom stereocenters. The van der Waals surface area contributed by atoms with Gasteiger partial charge in [0.2, 0.25) is 0 Å². The van der Waals surface area contributed by atoms with E-state index in [-0.39, 0.29) is 0 Å². The van der Waals surface area contributed by atoms with Crippen LogP contribution in [0.1, 0.15) is 15.9 Å². The Balaban J connectivity index is 2.81. The van der Waals surface area contributed by atoms with Crippen molar-refractivity contribution >= 4 is 15.8 Å². The van der Waals surface area contributed by atoms with Crippen LogP contribution in [0, 0.1) is 11.7 Å². The van der Waals surface area contributed by atoms with Crippen LogP contribution in [0.15, 0.2) is 23.1 Å². The number of amides is 1. The van der Waals surface area contributed by atoms with Gasteiger partial charge >= 0.3 is 0 Å². The van der Waals surface area contributed by atoms with E-state index >= 15 is 0 Å². The van der Waals surface area contributed by atoms with Gasteiger partial charge < -0.3 is 0 Å². The highest BCUT2D eigenvalue weighted by Crippen LogP contribution is 2.23. The lowest BCUT2D eigenvalue weighted by Gasteiger charge is -1.98. The van der Waals surface area contributed by atoms with Crippen LogP contribution >= 0.6 is 0 Å². The van der Waals surface area contributed by atoms with Gasteiger partial charge in [0, 0.05) is 0 Å². The third-order valence-electron chi connectivity index (χ3n) is 1.93. The Labute approximate surface area is 76.1 Å². The van der Waals surface area contributed by atoms with Crippen LogP contribution in [0.4, 0.5) is 0 Å². The van der Waals surface area contributed by atoms with Crippen molar-refractivity contribution in [2.24, 2.45) is 0 Å². The topological polar surface area (TPSA) is 70.0 Å². The summed E-state index contributed by atoms with van der Waals surface area (Å²) >= 11 is 0. The van der Waals surface area contributed by atoms with Crippen LogP contribution in [0.3, 0.4) is 0 Å². The third kappa shape index (κ3) is 1.12. The molecule has 0 radical (unpaired) electrons. The van der Waals surface area contributed by atoms with Gasteiger partial charge in [-0.25, -0.2) is 8.99 Å². The fourth-order valence-electron chi connectivity index (χ4n) is 1.30. The van der Waals surface area contributed by atoms with Crippen molar-refractivity contribution in [2.75, 3.05) is 0 Å². The predicted molar refractivity (Wildman–Crippen MR) is 47.8 cm³/mol. The van der Waals surface area contributed by atoms with E-state index in [1.54, 1.807) is 18.2 Å². The fraction of sp³-hybridized carbons (Fsp3) is 0.125. The molecule has 1 amide bonds. The normalized spacial score (nSPS) is 25.5. The Morgan fingerprint density at radius 2 is 2.15 bits per heavy atom. The van der Waals surface area contributed by atoms with E-state index in [0.717, 1.165) is 5.56 Å². The number of carbonyl (C=O) groups is 1. The molecule has 0 aliphatic carbocycles. The molecule has 68 valence electrons. The minimum atomic E-state index is -3.08. The summed E-state index contributed by atoms with van der Waals surface area (Å²) in [5.74, 6) is -0.421. The smallest absolute Gasteiger partial charge is 0.265 e. The summed E-state index contributed by atoms with van der Waals surface area (Å²) in [4.78, 5) is 11.5. The molecule has 1 aliphatic heterocycles. The standard InChI is InChI=1S/C8H8N2O2S/c1-5-2-3-6-7(4-5)13(9,12)10-8(6)11/h2-4H,1H3,(H2,9,10,11,12). The predicted octanol–water partition coefficient (Wildman–Crippen LogP) is 1.06. The number of nitrogens with one attached hydrogen (secondary N) is 2. The molecular formula is C8H8N2O2S. The van der Waals surface area contributed by atoms with Crippen molar-refractivity contribution in [1.82, 2.24) is 4.72 Å². The van der Waals surface area contributed by atoms with E-state index in [1.165, 1.54) is 0 Å². The van der Waals surface area contributed by atoms with Gasteiger partial charge in [0.05, 0.1) is 10.5 Å². The number of carbonyl (C=O) groups excluding carboxylic acids is 1. The number of rotatable bonds is 0. The van der Waals surface area contributed by atoms with Gasteiger partial charge in [-0.15, -0.1) is 0 Å². The molecule has 4 nitrogen and oxygen atoms in total. The zero-order valence-electron chi connectivity index (χ0n) is 6.96. The number of aryl methyl sites for hydroxylation is 1. The molecule has 1 atom stereocenters. The number of hydrogen-bond donors (Lipinski definition) is 2. The van der Waals surface area contributed by atoms with Gasteiger partial charge in [-0.3, -0.25) is 9.52 Å². The molecule has 0 saturated carbocycles. The molecule has 5 heteroatoms. The van der Waals surface area contributed by atoms with E-state index in [9.17, 15) is 9.00 Å². The first-order valence-corrected chi connectivity index (χ1v) is 5.28. The monoisotopic (exact) mass is 196 g/mol. The highest BCUT2D eigenvalue weighted by molar-refractivity contribution is 7.91. The van der Waals surface area contributed by atoms with Crippen LogP contribution in [-0.2, 0) is 9.92 Å². The van der Waals surface area contributed by atoms with Crippen molar-refractivity contribution in [3.05, 3.63) is 29.3 Å². The molecule has 0 fully saturated rings. The number of fused-ring (bicyclic) bond motifs is 1. The Hall–Kier alpha value is -1.36. The van der Waals surface area contributed by atoms with Crippen LogP contribution < -0.4 is 4.72 Å². The van der Waals surface area contributed by atoms with Crippen molar-refractivity contribution in [3.8, 4) is 0 Å². The molecule has 0 saturated heterocycles. The number of hydrogen-bond acceptors (Lipinski definition) is 3. The highest BCUT2D eigenvalue weighted by atomic mass is 32.2. The molecule has 13 heavy (non-hydrogen) atoms. The Kier molecular flexibility index (Phi) is 1.47. The maximum absolute atomic E-state index is 11.5. The summed E-state index contributed by atoms with van der Waals surface area (Å²) in [6, 6.07) is 4.98. The van der Waals surface area contributed by atoms with Gasteiger partial charge in [0.1, 0.15) is 0 Å². The van der Waals surface area contributed by atoms with Crippen molar-refractivity contribution in [2.45, 2.75) is 11.8 Å². The quantitative estimate of drug-likeness (QED) is 0.651. The average molecular weight is 196 g/mol. The molecule has 1 aliphatic rings. The zero-order chi connectivity index (χ0) is 9.64. The van der Waals surface area contributed by atoms with Crippen molar-refractivity contribution < 1.29 is 9.00 Å². The SMILES string of the molecule is Cc1ccc2c(c1)S(=N)(=O)NC2=O. The maximum Gasteiger partial charge on any atom is 0.265 e. The summed E-state index contributed by atoms with van der Waals surface area (Å²) < 4.78 is 21.0. The lowest BCUT2D eigenvalue weighted by Crippen LogP contribution is -2.19. The molecule has 2 N–H and O–H groups in total. The minimum Gasteiger partial charge on any atom is -0.268 e. The average Bonchev–Trinajstić information content (AvgIpc) is 2.23. The van der Waals surface area contributed by atoms with Crippen molar-refractivity contribution in [3.63, 3.8) is 0 Å². The highest BCUT2D eigenvalue weighted by Gasteiger charge is 2.28. The largest absolute Gasteiger partial charge is 0.268 e. The van der Waals surface area contributed by atoms with E-state index in [4.69, 9.17) is 4.78 Å². The maximum atomic E-state index is 11.5. The molecule has 1 heterocycles. The second kappa shape index (κ2) is 2.32. The van der Waals surface area contributed by atoms with E-state index in [1.807, 2.05) is 6.92 Å². The summed E-state index contributed by atoms with van der Waals surface area (Å²) in [5, 5.41) is 0. The second-order valence-electron chi connectivity index (χ2n) is 2.99. The lowest BCUT2D eigenvalue weighted by atomic mass is 10.1. The Morgan fingerprint density at radius 3 is 2.85 bits per heavy atom. The third-order valence-corrected chi connectivity index (χ3v) is 3.36. The molecule has 2 rings (SSSR count). The fourth-order valence-corrected chi connectivity index (χ4v) is 2.60. The van der Waals surface area contributed by atoms with Crippen LogP contribution in [0.5, 0.6) is 0 Å². The van der Waals surface area contributed by atoms with Gasteiger partial charge in [-0.2, -0.15) is 0 Å². The van der Waals surface area contributed by atoms with Gasteiger partial charge in [-0.1, -0.05) is 6.07 Å². The molecule has 0 aromatic heterocycles. The Morgan fingerprint density at radius 1 is 1.46 bits per heavy atom. The molecular weight excluding hydrogens is 188 g/mol. The number of benzene rings is 1. The summed E-state index contributed by atoms with van der Waals surface area (Å²) in [6.07, 6.45) is 0. The zero-order valence-corrected chi connectivity index (χ0v) is 7.77. The first-order valence-electron chi connectivity index (χ1n) is 3.72.